The first-order valence-corrected chi connectivity index (χ1v) is 8.41. The van der Waals surface area contributed by atoms with Gasteiger partial charge in [0.05, 0.1) is 18.8 Å². The number of hydrogen-bond donors (Lipinski definition) is 2. The van der Waals surface area contributed by atoms with Crippen LogP contribution in [0.15, 0.2) is 47.1 Å². The molecule has 0 saturated heterocycles. The summed E-state index contributed by atoms with van der Waals surface area (Å²) in [5.41, 5.74) is 8.16. The molecule has 0 saturated carbocycles. The lowest BCUT2D eigenvalue weighted by Crippen LogP contribution is -2.40. The molecular formula is C19H27N3O2. The Bertz CT molecular complexity index is 625. The van der Waals surface area contributed by atoms with E-state index in [9.17, 15) is 4.79 Å². The van der Waals surface area contributed by atoms with Gasteiger partial charge in [-0.3, -0.25) is 9.69 Å². The predicted octanol–water partition coefficient (Wildman–Crippen LogP) is 2.66. The van der Waals surface area contributed by atoms with Crippen LogP contribution in [0.2, 0.25) is 0 Å². The summed E-state index contributed by atoms with van der Waals surface area (Å²) in [5, 5.41) is 2.94. The molecule has 0 radical (unpaired) electrons. The summed E-state index contributed by atoms with van der Waals surface area (Å²) < 4.78 is 5.39. The number of nitrogens with one attached hydrogen (secondary N) is 1. The highest BCUT2D eigenvalue weighted by Crippen LogP contribution is 2.13. The van der Waals surface area contributed by atoms with Crippen LogP contribution in [0.5, 0.6) is 0 Å². The minimum atomic E-state index is -0.427. The van der Waals surface area contributed by atoms with Gasteiger partial charge in [0.1, 0.15) is 5.76 Å². The minimum Gasteiger partial charge on any atom is -0.468 e. The summed E-state index contributed by atoms with van der Waals surface area (Å²) in [6.07, 6.45) is 3.30. The second-order valence-corrected chi connectivity index (χ2v) is 6.13. The molecule has 1 amide bonds. The zero-order chi connectivity index (χ0) is 17.4. The molecule has 5 nitrogen and oxygen atoms in total. The molecule has 0 bridgehead atoms. The van der Waals surface area contributed by atoms with Crippen LogP contribution in [-0.4, -0.2) is 23.9 Å². The number of amides is 1. The summed E-state index contributed by atoms with van der Waals surface area (Å²) in [6, 6.07) is 11.6. The van der Waals surface area contributed by atoms with E-state index >= 15 is 0 Å². The molecule has 3 N–H and O–H groups in total. The normalized spacial score (nSPS) is 12.3. The highest BCUT2D eigenvalue weighted by molar-refractivity contribution is 5.81. The maximum atomic E-state index is 12.0. The summed E-state index contributed by atoms with van der Waals surface area (Å²) in [6.45, 7) is 4.06. The van der Waals surface area contributed by atoms with Crippen LogP contribution < -0.4 is 11.1 Å². The Morgan fingerprint density at radius 3 is 2.62 bits per heavy atom. The summed E-state index contributed by atoms with van der Waals surface area (Å²) in [5.74, 6) is 0.851. The van der Waals surface area contributed by atoms with Crippen LogP contribution in [0.4, 0.5) is 0 Å². The largest absolute Gasteiger partial charge is 0.468 e. The van der Waals surface area contributed by atoms with Gasteiger partial charge in [0.15, 0.2) is 0 Å². The van der Waals surface area contributed by atoms with Crippen LogP contribution >= 0.6 is 0 Å². The summed E-state index contributed by atoms with van der Waals surface area (Å²) in [4.78, 5) is 14.2. The first-order chi connectivity index (χ1) is 11.6. The van der Waals surface area contributed by atoms with Gasteiger partial charge in [0, 0.05) is 13.1 Å². The van der Waals surface area contributed by atoms with Crippen LogP contribution in [0.3, 0.4) is 0 Å². The van der Waals surface area contributed by atoms with Crippen molar-refractivity contribution in [2.45, 2.75) is 45.4 Å². The Hall–Kier alpha value is -2.11. The molecule has 1 atom stereocenters. The number of benzene rings is 1. The van der Waals surface area contributed by atoms with E-state index in [0.29, 0.717) is 13.0 Å². The third-order valence-corrected chi connectivity index (χ3v) is 3.95. The number of carbonyl (C=O) groups is 1. The van der Waals surface area contributed by atoms with Gasteiger partial charge in [-0.25, -0.2) is 0 Å². The molecule has 24 heavy (non-hydrogen) atoms. The van der Waals surface area contributed by atoms with Gasteiger partial charge in [-0.1, -0.05) is 37.6 Å². The molecule has 0 aliphatic carbocycles. The van der Waals surface area contributed by atoms with E-state index < -0.39 is 6.04 Å². The van der Waals surface area contributed by atoms with Gasteiger partial charge in [-0.2, -0.15) is 0 Å². The molecule has 130 valence electrons. The first-order valence-electron chi connectivity index (χ1n) is 8.41. The van der Waals surface area contributed by atoms with Gasteiger partial charge in [0.25, 0.3) is 0 Å². The fourth-order valence-corrected chi connectivity index (χ4v) is 2.66. The van der Waals surface area contributed by atoms with Crippen molar-refractivity contribution in [3.8, 4) is 0 Å². The van der Waals surface area contributed by atoms with Crippen molar-refractivity contribution in [1.82, 2.24) is 10.2 Å². The molecule has 5 heteroatoms. The van der Waals surface area contributed by atoms with Crippen molar-refractivity contribution in [2.75, 3.05) is 7.05 Å². The Kier molecular flexibility index (Phi) is 7.03. The Morgan fingerprint density at radius 2 is 1.96 bits per heavy atom. The van der Waals surface area contributed by atoms with E-state index in [4.69, 9.17) is 10.2 Å². The molecular weight excluding hydrogens is 302 g/mol. The zero-order valence-corrected chi connectivity index (χ0v) is 14.5. The third-order valence-electron chi connectivity index (χ3n) is 3.95. The van der Waals surface area contributed by atoms with E-state index in [1.165, 1.54) is 5.56 Å². The topological polar surface area (TPSA) is 71.5 Å². The van der Waals surface area contributed by atoms with Crippen molar-refractivity contribution >= 4 is 5.91 Å². The van der Waals surface area contributed by atoms with Gasteiger partial charge >= 0.3 is 0 Å². The highest BCUT2D eigenvalue weighted by Gasteiger charge is 2.13. The van der Waals surface area contributed by atoms with Crippen molar-refractivity contribution in [1.29, 1.82) is 0 Å². The molecule has 0 aliphatic rings. The van der Waals surface area contributed by atoms with Crippen molar-refractivity contribution in [3.05, 3.63) is 59.5 Å². The Morgan fingerprint density at radius 1 is 1.21 bits per heavy atom. The van der Waals surface area contributed by atoms with Crippen molar-refractivity contribution in [3.63, 3.8) is 0 Å². The highest BCUT2D eigenvalue weighted by atomic mass is 16.3. The van der Waals surface area contributed by atoms with Crippen LogP contribution in [0.1, 0.15) is 36.7 Å². The molecule has 1 unspecified atom stereocenters. The van der Waals surface area contributed by atoms with Crippen LogP contribution in [0.25, 0.3) is 0 Å². The van der Waals surface area contributed by atoms with Gasteiger partial charge in [-0.15, -0.1) is 0 Å². The van der Waals surface area contributed by atoms with Gasteiger partial charge in [-0.05, 0) is 36.7 Å². The molecule has 0 spiro atoms. The second-order valence-electron chi connectivity index (χ2n) is 6.13. The zero-order valence-electron chi connectivity index (χ0n) is 14.5. The summed E-state index contributed by atoms with van der Waals surface area (Å²) >= 11 is 0. The van der Waals surface area contributed by atoms with Gasteiger partial charge in [0.2, 0.25) is 5.91 Å². The maximum absolute atomic E-state index is 12.0. The predicted molar refractivity (Wildman–Crippen MR) is 95.1 cm³/mol. The SMILES string of the molecule is CCCC(N)C(=O)NCc1ccccc1CN(C)Cc1ccco1. The molecule has 1 heterocycles. The van der Waals surface area contributed by atoms with E-state index in [1.807, 2.05) is 37.3 Å². The molecule has 2 rings (SSSR count). The molecule has 2 aromatic rings. The fraction of sp³-hybridized carbons (Fsp3) is 0.421. The quantitative estimate of drug-likeness (QED) is 0.742. The molecule has 1 aromatic heterocycles. The van der Waals surface area contributed by atoms with E-state index in [1.54, 1.807) is 6.26 Å². The number of nitrogens with two attached hydrogens (primary N) is 1. The lowest BCUT2D eigenvalue weighted by molar-refractivity contribution is -0.122. The van der Waals surface area contributed by atoms with E-state index in [-0.39, 0.29) is 5.91 Å². The number of rotatable bonds is 9. The lowest BCUT2D eigenvalue weighted by Gasteiger charge is -2.18. The van der Waals surface area contributed by atoms with Gasteiger partial charge < -0.3 is 15.5 Å². The van der Waals surface area contributed by atoms with E-state index in [2.05, 4.69) is 23.3 Å². The Balaban J connectivity index is 1.93. The number of furan rings is 1. The van der Waals surface area contributed by atoms with Crippen molar-refractivity contribution < 1.29 is 9.21 Å². The first kappa shape index (κ1) is 18.2. The minimum absolute atomic E-state index is 0.0874. The average molecular weight is 329 g/mol. The molecule has 0 aliphatic heterocycles. The smallest absolute Gasteiger partial charge is 0.237 e. The van der Waals surface area contributed by atoms with Crippen LogP contribution in [-0.2, 0) is 24.4 Å². The monoisotopic (exact) mass is 329 g/mol. The fourth-order valence-electron chi connectivity index (χ4n) is 2.66. The number of hydrogen-bond acceptors (Lipinski definition) is 4. The Labute approximate surface area is 143 Å². The van der Waals surface area contributed by atoms with Crippen LogP contribution in [0, 0.1) is 0 Å². The number of carbonyl (C=O) groups excluding carboxylic acids is 1. The molecule has 0 fully saturated rings. The third kappa shape index (κ3) is 5.51. The lowest BCUT2D eigenvalue weighted by atomic mass is 10.1. The van der Waals surface area contributed by atoms with E-state index in [0.717, 1.165) is 30.8 Å². The number of nitrogens with zero attached hydrogens (tertiary/aromatic N) is 1. The van der Waals surface area contributed by atoms with Crippen molar-refractivity contribution in [2.24, 2.45) is 5.73 Å². The maximum Gasteiger partial charge on any atom is 0.237 e. The second kappa shape index (κ2) is 9.25. The molecule has 1 aromatic carbocycles. The average Bonchev–Trinajstić information content (AvgIpc) is 3.06. The summed E-state index contributed by atoms with van der Waals surface area (Å²) in [7, 11) is 2.05. The standard InChI is InChI=1S/C19H27N3O2/c1-3-7-18(20)19(23)21-12-15-8-4-5-9-16(15)13-22(2)14-17-10-6-11-24-17/h4-6,8-11,18H,3,7,12-14,20H2,1-2H3,(H,21,23).